The van der Waals surface area contributed by atoms with Crippen molar-refractivity contribution in [1.29, 1.82) is 0 Å². The largest absolute Gasteiger partial charge is 0.506 e. The second-order valence-electron chi connectivity index (χ2n) is 4.81. The number of hydrogen-bond acceptors (Lipinski definition) is 4. The average molecular weight is 270 g/mol. The molecule has 0 bridgehead atoms. The summed E-state index contributed by atoms with van der Waals surface area (Å²) in [6.07, 6.45) is 3.57. The Morgan fingerprint density at radius 1 is 1.44 bits per heavy atom. The van der Waals surface area contributed by atoms with Gasteiger partial charge in [-0.05, 0) is 43.9 Å². The van der Waals surface area contributed by atoms with Crippen molar-refractivity contribution in [1.82, 2.24) is 4.72 Å². The molecule has 0 amide bonds. The number of phenols is 1. The van der Waals surface area contributed by atoms with Gasteiger partial charge in [0.2, 0.25) is 10.0 Å². The summed E-state index contributed by atoms with van der Waals surface area (Å²) >= 11 is 0. The molecule has 1 aromatic carbocycles. The molecular weight excluding hydrogens is 252 g/mol. The van der Waals surface area contributed by atoms with E-state index in [0.29, 0.717) is 0 Å². The molecule has 100 valence electrons. The van der Waals surface area contributed by atoms with E-state index in [9.17, 15) is 13.5 Å². The van der Waals surface area contributed by atoms with Gasteiger partial charge in [0.15, 0.2) is 0 Å². The maximum atomic E-state index is 12.2. The summed E-state index contributed by atoms with van der Waals surface area (Å²) in [5, 5.41) is 9.31. The zero-order valence-electron chi connectivity index (χ0n) is 10.3. The summed E-state index contributed by atoms with van der Waals surface area (Å²) in [6, 6.07) is 3.93. The van der Waals surface area contributed by atoms with Crippen molar-refractivity contribution in [3.63, 3.8) is 0 Å². The first-order chi connectivity index (χ1) is 8.38. The van der Waals surface area contributed by atoms with E-state index < -0.39 is 10.0 Å². The predicted molar refractivity (Wildman–Crippen MR) is 69.7 cm³/mol. The van der Waals surface area contributed by atoms with Crippen molar-refractivity contribution in [2.24, 2.45) is 0 Å². The maximum absolute atomic E-state index is 12.2. The summed E-state index contributed by atoms with van der Waals surface area (Å²) in [5.41, 5.74) is 5.28. The van der Waals surface area contributed by atoms with E-state index in [2.05, 4.69) is 4.72 Å². The highest BCUT2D eigenvalue weighted by molar-refractivity contribution is 7.89. The second-order valence-corrected chi connectivity index (χ2v) is 6.50. The van der Waals surface area contributed by atoms with Crippen LogP contribution < -0.4 is 10.5 Å². The highest BCUT2D eigenvalue weighted by atomic mass is 32.2. The molecule has 0 radical (unpaired) electrons. The first kappa shape index (κ1) is 13.2. The third-order valence-electron chi connectivity index (χ3n) is 3.65. The van der Waals surface area contributed by atoms with E-state index in [4.69, 9.17) is 5.73 Å². The molecule has 0 atom stereocenters. The third-order valence-corrected chi connectivity index (χ3v) is 5.22. The number of rotatable bonds is 4. The molecule has 1 aliphatic rings. The van der Waals surface area contributed by atoms with Crippen molar-refractivity contribution >= 4 is 15.7 Å². The highest BCUT2D eigenvalue weighted by Crippen LogP contribution is 2.36. The van der Waals surface area contributed by atoms with Crippen molar-refractivity contribution in [2.75, 3.05) is 5.73 Å². The topological polar surface area (TPSA) is 92.4 Å². The molecule has 1 fully saturated rings. The van der Waals surface area contributed by atoms with Crippen LogP contribution >= 0.6 is 0 Å². The van der Waals surface area contributed by atoms with E-state index in [1.165, 1.54) is 18.2 Å². The lowest BCUT2D eigenvalue weighted by molar-refractivity contribution is 0.214. The Labute approximate surface area is 107 Å². The summed E-state index contributed by atoms with van der Waals surface area (Å²) in [6.45, 7) is 1.98. The number of hydrogen-bond donors (Lipinski definition) is 3. The molecule has 6 heteroatoms. The second kappa shape index (κ2) is 4.44. The van der Waals surface area contributed by atoms with Gasteiger partial charge >= 0.3 is 0 Å². The zero-order chi connectivity index (χ0) is 13.4. The normalized spacial score (nSPS) is 18.3. The SMILES string of the molecule is CCC1(NS(=O)(=O)c2ccc(O)c(N)c2)CCC1. The van der Waals surface area contributed by atoms with Crippen LogP contribution in [0.5, 0.6) is 5.75 Å². The third kappa shape index (κ3) is 2.30. The molecule has 0 unspecified atom stereocenters. The number of anilines is 1. The quantitative estimate of drug-likeness (QED) is 0.572. The molecule has 5 nitrogen and oxygen atoms in total. The molecule has 0 saturated heterocycles. The maximum Gasteiger partial charge on any atom is 0.241 e. The van der Waals surface area contributed by atoms with Crippen LogP contribution in [0, 0.1) is 0 Å². The smallest absolute Gasteiger partial charge is 0.241 e. The van der Waals surface area contributed by atoms with Crippen LogP contribution in [0.25, 0.3) is 0 Å². The first-order valence-electron chi connectivity index (χ1n) is 6.01. The van der Waals surface area contributed by atoms with Crippen LogP contribution in [0.1, 0.15) is 32.6 Å². The van der Waals surface area contributed by atoms with Crippen molar-refractivity contribution in [3.8, 4) is 5.75 Å². The average Bonchev–Trinajstić information content (AvgIpc) is 2.27. The molecule has 0 aromatic heterocycles. The van der Waals surface area contributed by atoms with Crippen LogP contribution in [0.15, 0.2) is 23.1 Å². The first-order valence-corrected chi connectivity index (χ1v) is 7.49. The fraction of sp³-hybridized carbons (Fsp3) is 0.500. The van der Waals surface area contributed by atoms with Gasteiger partial charge in [-0.3, -0.25) is 0 Å². The minimum atomic E-state index is -3.57. The Bertz CT molecular complexity index is 545. The predicted octanol–water partition coefficient (Wildman–Crippen LogP) is 1.59. The van der Waals surface area contributed by atoms with Gasteiger partial charge in [-0.25, -0.2) is 13.1 Å². The Hall–Kier alpha value is -1.27. The van der Waals surface area contributed by atoms with Gasteiger partial charge in [0.05, 0.1) is 10.6 Å². The van der Waals surface area contributed by atoms with E-state index in [-0.39, 0.29) is 21.9 Å². The minimum absolute atomic E-state index is 0.0667. The summed E-state index contributed by atoms with van der Waals surface area (Å²) in [5.74, 6) is -0.109. The Morgan fingerprint density at radius 2 is 2.11 bits per heavy atom. The molecule has 2 rings (SSSR count). The van der Waals surface area contributed by atoms with Gasteiger partial charge in [-0.15, -0.1) is 0 Å². The lowest BCUT2D eigenvalue weighted by atomic mass is 9.76. The van der Waals surface area contributed by atoms with E-state index >= 15 is 0 Å². The summed E-state index contributed by atoms with van der Waals surface area (Å²) in [7, 11) is -3.57. The Morgan fingerprint density at radius 3 is 2.56 bits per heavy atom. The van der Waals surface area contributed by atoms with Gasteiger partial charge < -0.3 is 10.8 Å². The standard InChI is InChI=1S/C12H18N2O3S/c1-2-12(6-3-7-12)14-18(16,17)9-4-5-11(15)10(13)8-9/h4-5,8,14-15H,2-3,6-7,13H2,1H3. The van der Waals surface area contributed by atoms with Crippen LogP contribution in [-0.2, 0) is 10.0 Å². The molecule has 18 heavy (non-hydrogen) atoms. The Kier molecular flexibility index (Phi) is 3.25. The van der Waals surface area contributed by atoms with E-state index in [1.807, 2.05) is 6.92 Å². The van der Waals surface area contributed by atoms with Crippen LogP contribution in [0.2, 0.25) is 0 Å². The molecule has 1 aromatic rings. The molecule has 1 aliphatic carbocycles. The molecule has 0 aliphatic heterocycles. The van der Waals surface area contributed by atoms with Crippen molar-refractivity contribution in [3.05, 3.63) is 18.2 Å². The minimum Gasteiger partial charge on any atom is -0.506 e. The number of nitrogens with one attached hydrogen (secondary N) is 1. The summed E-state index contributed by atoms with van der Waals surface area (Å²) in [4.78, 5) is 0.0949. The molecule has 4 N–H and O–H groups in total. The number of phenolic OH excluding ortho intramolecular Hbond substituents is 1. The highest BCUT2D eigenvalue weighted by Gasteiger charge is 2.39. The molecular formula is C12H18N2O3S. The van der Waals surface area contributed by atoms with E-state index in [1.54, 1.807) is 0 Å². The zero-order valence-corrected chi connectivity index (χ0v) is 11.1. The monoisotopic (exact) mass is 270 g/mol. The van der Waals surface area contributed by atoms with Crippen LogP contribution in [0.3, 0.4) is 0 Å². The Balaban J connectivity index is 2.28. The van der Waals surface area contributed by atoms with Crippen molar-refractivity contribution < 1.29 is 13.5 Å². The van der Waals surface area contributed by atoms with Crippen LogP contribution in [-0.4, -0.2) is 19.1 Å². The fourth-order valence-corrected chi connectivity index (χ4v) is 3.74. The lowest BCUT2D eigenvalue weighted by Gasteiger charge is -2.41. The number of nitrogen functional groups attached to an aromatic ring is 1. The number of aromatic hydroxyl groups is 1. The fourth-order valence-electron chi connectivity index (χ4n) is 2.18. The van der Waals surface area contributed by atoms with Crippen molar-refractivity contribution in [2.45, 2.75) is 43.0 Å². The van der Waals surface area contributed by atoms with Gasteiger partial charge in [-0.1, -0.05) is 6.92 Å². The van der Waals surface area contributed by atoms with Gasteiger partial charge in [-0.2, -0.15) is 0 Å². The van der Waals surface area contributed by atoms with Gasteiger partial charge in [0, 0.05) is 5.54 Å². The van der Waals surface area contributed by atoms with E-state index in [0.717, 1.165) is 25.7 Å². The van der Waals surface area contributed by atoms with Crippen LogP contribution in [0.4, 0.5) is 5.69 Å². The molecule has 0 heterocycles. The lowest BCUT2D eigenvalue weighted by Crippen LogP contribution is -2.52. The van der Waals surface area contributed by atoms with Gasteiger partial charge in [0.1, 0.15) is 5.75 Å². The molecule has 0 spiro atoms. The summed E-state index contributed by atoms with van der Waals surface area (Å²) < 4.78 is 27.2. The number of nitrogens with two attached hydrogens (primary N) is 1. The number of benzene rings is 1. The number of sulfonamides is 1. The molecule has 1 saturated carbocycles. The van der Waals surface area contributed by atoms with Gasteiger partial charge in [0.25, 0.3) is 0 Å².